The van der Waals surface area contributed by atoms with Crippen LogP contribution in [0.25, 0.3) is 0 Å². The molecule has 29 heavy (non-hydrogen) atoms. The Kier molecular flexibility index (Phi) is 6.54. The van der Waals surface area contributed by atoms with E-state index in [-0.39, 0.29) is 23.8 Å². The van der Waals surface area contributed by atoms with Crippen LogP contribution in [0.2, 0.25) is 0 Å². The molecule has 0 spiro atoms. The van der Waals surface area contributed by atoms with E-state index in [2.05, 4.69) is 15.5 Å². The minimum absolute atomic E-state index is 0.100. The lowest BCUT2D eigenvalue weighted by molar-refractivity contribution is -0.134. The molecule has 1 aliphatic rings. The fraction of sp³-hybridized carbons (Fsp3) is 0.391. The van der Waals surface area contributed by atoms with Gasteiger partial charge in [0.1, 0.15) is 11.5 Å². The summed E-state index contributed by atoms with van der Waals surface area (Å²) in [5.74, 6) is 1.30. The zero-order valence-electron chi connectivity index (χ0n) is 17.3. The number of rotatable bonds is 6. The van der Waals surface area contributed by atoms with Crippen molar-refractivity contribution in [3.8, 4) is 11.5 Å². The normalized spacial score (nSPS) is 17.5. The van der Waals surface area contributed by atoms with Gasteiger partial charge in [0.15, 0.2) is 0 Å². The molecule has 0 unspecified atom stereocenters. The summed E-state index contributed by atoms with van der Waals surface area (Å²) in [4.78, 5) is 26.9. The van der Waals surface area contributed by atoms with E-state index < -0.39 is 6.04 Å². The van der Waals surface area contributed by atoms with Crippen molar-refractivity contribution in [3.05, 3.63) is 60.2 Å². The standard InChI is InChI=1S/C23H29N3O3/c1-23(2,3)25-21(27)15-20-22(28)24-12-13-26(20)16-17-8-7-11-19(14-17)29-18-9-5-4-6-10-18/h4-11,14,20H,12-13,15-16H2,1-3H3,(H,24,28)(H,25,27)/t20-/m0/s1. The van der Waals surface area contributed by atoms with Gasteiger partial charge in [0.05, 0.1) is 12.5 Å². The van der Waals surface area contributed by atoms with Crippen LogP contribution in [0.15, 0.2) is 54.6 Å². The maximum Gasteiger partial charge on any atom is 0.237 e. The Hall–Kier alpha value is -2.86. The van der Waals surface area contributed by atoms with Crippen molar-refractivity contribution in [1.82, 2.24) is 15.5 Å². The smallest absolute Gasteiger partial charge is 0.237 e. The predicted octanol–water partition coefficient (Wildman–Crippen LogP) is 3.08. The molecular weight excluding hydrogens is 366 g/mol. The molecule has 0 saturated carbocycles. The zero-order valence-corrected chi connectivity index (χ0v) is 17.3. The first-order chi connectivity index (χ1) is 13.8. The molecule has 6 nitrogen and oxygen atoms in total. The van der Waals surface area contributed by atoms with Crippen molar-refractivity contribution < 1.29 is 14.3 Å². The van der Waals surface area contributed by atoms with Gasteiger partial charge in [0, 0.05) is 25.2 Å². The first-order valence-electron chi connectivity index (χ1n) is 9.95. The van der Waals surface area contributed by atoms with Crippen molar-refractivity contribution >= 4 is 11.8 Å². The molecule has 2 amide bonds. The molecule has 1 atom stereocenters. The summed E-state index contributed by atoms with van der Waals surface area (Å²) >= 11 is 0. The van der Waals surface area contributed by atoms with E-state index in [0.29, 0.717) is 19.6 Å². The van der Waals surface area contributed by atoms with Crippen molar-refractivity contribution in [2.24, 2.45) is 0 Å². The largest absolute Gasteiger partial charge is 0.457 e. The van der Waals surface area contributed by atoms with Crippen molar-refractivity contribution in [1.29, 1.82) is 0 Å². The molecule has 2 aromatic rings. The highest BCUT2D eigenvalue weighted by Crippen LogP contribution is 2.23. The lowest BCUT2D eigenvalue weighted by atomic mass is 10.0. The third-order valence-electron chi connectivity index (χ3n) is 4.60. The Morgan fingerprint density at radius 1 is 1.14 bits per heavy atom. The molecule has 1 aliphatic heterocycles. The maximum absolute atomic E-state index is 12.4. The van der Waals surface area contributed by atoms with E-state index in [1.54, 1.807) is 0 Å². The Balaban J connectivity index is 1.69. The molecule has 0 aromatic heterocycles. The number of nitrogens with one attached hydrogen (secondary N) is 2. The molecule has 1 fully saturated rings. The Labute approximate surface area is 172 Å². The number of carbonyl (C=O) groups excluding carboxylic acids is 2. The van der Waals surface area contributed by atoms with E-state index in [9.17, 15) is 9.59 Å². The van der Waals surface area contributed by atoms with Gasteiger partial charge in [0.25, 0.3) is 0 Å². The Morgan fingerprint density at radius 2 is 1.86 bits per heavy atom. The van der Waals surface area contributed by atoms with Crippen LogP contribution in [0.3, 0.4) is 0 Å². The fourth-order valence-electron chi connectivity index (χ4n) is 3.38. The van der Waals surface area contributed by atoms with E-state index >= 15 is 0 Å². The third-order valence-corrected chi connectivity index (χ3v) is 4.60. The highest BCUT2D eigenvalue weighted by Gasteiger charge is 2.32. The van der Waals surface area contributed by atoms with Gasteiger partial charge in [-0.15, -0.1) is 0 Å². The minimum atomic E-state index is -0.482. The number of piperazine rings is 1. The van der Waals surface area contributed by atoms with Gasteiger partial charge in [-0.25, -0.2) is 0 Å². The summed E-state index contributed by atoms with van der Waals surface area (Å²) in [6.07, 6.45) is 0.142. The van der Waals surface area contributed by atoms with Crippen molar-refractivity contribution in [3.63, 3.8) is 0 Å². The molecule has 0 aliphatic carbocycles. The van der Waals surface area contributed by atoms with Gasteiger partial charge in [0.2, 0.25) is 11.8 Å². The maximum atomic E-state index is 12.4. The lowest BCUT2D eigenvalue weighted by Gasteiger charge is -2.35. The second-order valence-corrected chi connectivity index (χ2v) is 8.34. The predicted molar refractivity (Wildman–Crippen MR) is 113 cm³/mol. The van der Waals surface area contributed by atoms with Gasteiger partial charge in [-0.3, -0.25) is 14.5 Å². The van der Waals surface area contributed by atoms with Gasteiger partial charge in [-0.2, -0.15) is 0 Å². The molecule has 2 aromatic carbocycles. The number of hydrogen-bond donors (Lipinski definition) is 2. The van der Waals surface area contributed by atoms with E-state index in [1.807, 2.05) is 75.4 Å². The molecule has 0 bridgehead atoms. The first-order valence-corrected chi connectivity index (χ1v) is 9.95. The number of nitrogens with zero attached hydrogens (tertiary/aromatic N) is 1. The number of ether oxygens (including phenoxy) is 1. The van der Waals surface area contributed by atoms with Gasteiger partial charge in [-0.1, -0.05) is 30.3 Å². The van der Waals surface area contributed by atoms with Crippen LogP contribution < -0.4 is 15.4 Å². The highest BCUT2D eigenvalue weighted by molar-refractivity contribution is 5.89. The molecule has 6 heteroatoms. The van der Waals surface area contributed by atoms with Crippen LogP contribution in [-0.2, 0) is 16.1 Å². The van der Waals surface area contributed by atoms with E-state index in [0.717, 1.165) is 17.1 Å². The summed E-state index contributed by atoms with van der Waals surface area (Å²) in [5.41, 5.74) is 0.713. The Morgan fingerprint density at radius 3 is 2.59 bits per heavy atom. The zero-order chi connectivity index (χ0) is 20.9. The van der Waals surface area contributed by atoms with Crippen molar-refractivity contribution in [2.45, 2.75) is 45.3 Å². The highest BCUT2D eigenvalue weighted by atomic mass is 16.5. The third kappa shape index (κ3) is 6.32. The van der Waals surface area contributed by atoms with Crippen LogP contribution in [0.4, 0.5) is 0 Å². The molecular formula is C23H29N3O3. The first kappa shape index (κ1) is 20.9. The SMILES string of the molecule is CC(C)(C)NC(=O)C[C@H]1C(=O)NCCN1Cc1cccc(Oc2ccccc2)c1. The summed E-state index contributed by atoms with van der Waals surface area (Å²) in [6, 6.07) is 17.0. The number of carbonyl (C=O) groups is 2. The fourth-order valence-corrected chi connectivity index (χ4v) is 3.38. The van der Waals surface area contributed by atoms with Crippen LogP contribution in [0, 0.1) is 0 Å². The molecule has 1 heterocycles. The quantitative estimate of drug-likeness (QED) is 0.789. The van der Waals surface area contributed by atoms with Gasteiger partial charge in [-0.05, 0) is 50.6 Å². The molecule has 0 radical (unpaired) electrons. The van der Waals surface area contributed by atoms with E-state index in [4.69, 9.17) is 4.74 Å². The number of amides is 2. The molecule has 3 rings (SSSR count). The second kappa shape index (κ2) is 9.09. The van der Waals surface area contributed by atoms with Crippen LogP contribution >= 0.6 is 0 Å². The van der Waals surface area contributed by atoms with Crippen LogP contribution in [-0.4, -0.2) is 41.4 Å². The summed E-state index contributed by atoms with van der Waals surface area (Å²) in [7, 11) is 0. The van der Waals surface area contributed by atoms with Gasteiger partial charge >= 0.3 is 0 Å². The average molecular weight is 396 g/mol. The monoisotopic (exact) mass is 395 g/mol. The Bertz CT molecular complexity index is 846. The lowest BCUT2D eigenvalue weighted by Crippen LogP contribution is -2.56. The van der Waals surface area contributed by atoms with Crippen molar-refractivity contribution in [2.75, 3.05) is 13.1 Å². The summed E-state index contributed by atoms with van der Waals surface area (Å²) in [5, 5.41) is 5.82. The molecule has 154 valence electrons. The van der Waals surface area contributed by atoms with Crippen LogP contribution in [0.5, 0.6) is 11.5 Å². The molecule has 2 N–H and O–H groups in total. The summed E-state index contributed by atoms with van der Waals surface area (Å²) < 4.78 is 5.91. The van der Waals surface area contributed by atoms with Crippen LogP contribution in [0.1, 0.15) is 32.8 Å². The number of hydrogen-bond acceptors (Lipinski definition) is 4. The summed E-state index contributed by atoms with van der Waals surface area (Å²) in [6.45, 7) is 7.65. The minimum Gasteiger partial charge on any atom is -0.457 e. The average Bonchev–Trinajstić information content (AvgIpc) is 2.64. The number of para-hydroxylation sites is 1. The molecule has 1 saturated heterocycles. The second-order valence-electron chi connectivity index (χ2n) is 8.34. The number of benzene rings is 2. The van der Waals surface area contributed by atoms with E-state index in [1.165, 1.54) is 0 Å². The topological polar surface area (TPSA) is 70.7 Å². The van der Waals surface area contributed by atoms with Gasteiger partial charge < -0.3 is 15.4 Å².